The zero-order valence-electron chi connectivity index (χ0n) is 8.56. The van der Waals surface area contributed by atoms with Gasteiger partial charge in [-0.1, -0.05) is 23.2 Å². The molecule has 3 nitrogen and oxygen atoms in total. The summed E-state index contributed by atoms with van der Waals surface area (Å²) in [5.41, 5.74) is 1.34. The van der Waals surface area contributed by atoms with E-state index in [4.69, 9.17) is 23.2 Å². The molecule has 0 aromatic heterocycles. The molecule has 1 saturated carbocycles. The number of halogens is 2. The largest absolute Gasteiger partial charge is 0.353 e. The quantitative estimate of drug-likeness (QED) is 0.679. The molecular weight excluding hydrogens is 235 g/mol. The van der Waals surface area contributed by atoms with E-state index in [2.05, 4.69) is 10.6 Å². The van der Waals surface area contributed by atoms with Crippen LogP contribution in [0.25, 0.3) is 0 Å². The first-order valence-corrected chi connectivity index (χ1v) is 5.98. The van der Waals surface area contributed by atoms with Crippen LogP contribution in [0.4, 0.5) is 0 Å². The summed E-state index contributed by atoms with van der Waals surface area (Å²) in [6, 6.07) is 0.457. The van der Waals surface area contributed by atoms with Crippen LogP contribution in [0.2, 0.25) is 0 Å². The summed E-state index contributed by atoms with van der Waals surface area (Å²) in [7, 11) is 0. The maximum atomic E-state index is 11.2. The lowest BCUT2D eigenvalue weighted by atomic mass is 10.3. The third kappa shape index (κ3) is 6.77. The molecule has 1 aliphatic carbocycles. The number of carbonyl (C=O) groups excluding carboxylic acids is 1. The molecule has 0 radical (unpaired) electrons. The van der Waals surface area contributed by atoms with Crippen molar-refractivity contribution in [3.8, 4) is 0 Å². The summed E-state index contributed by atoms with van der Waals surface area (Å²) >= 11 is 11.1. The molecule has 0 bridgehead atoms. The Morgan fingerprint density at radius 2 is 2.20 bits per heavy atom. The van der Waals surface area contributed by atoms with Crippen LogP contribution in [0.1, 0.15) is 25.7 Å². The number of hydrogen-bond donors (Lipinski definition) is 2. The highest BCUT2D eigenvalue weighted by atomic mass is 35.5. The van der Waals surface area contributed by atoms with E-state index < -0.39 is 0 Å². The fourth-order valence-electron chi connectivity index (χ4n) is 1.15. The van der Waals surface area contributed by atoms with E-state index in [-0.39, 0.29) is 5.91 Å². The van der Waals surface area contributed by atoms with Crippen molar-refractivity contribution >= 4 is 29.1 Å². The van der Waals surface area contributed by atoms with E-state index >= 15 is 0 Å². The maximum absolute atomic E-state index is 11.2. The third-order valence-electron chi connectivity index (χ3n) is 2.11. The van der Waals surface area contributed by atoms with Crippen molar-refractivity contribution in [1.82, 2.24) is 10.6 Å². The van der Waals surface area contributed by atoms with Crippen molar-refractivity contribution in [3.05, 3.63) is 10.6 Å². The van der Waals surface area contributed by atoms with Gasteiger partial charge in [-0.05, 0) is 25.8 Å². The second-order valence-corrected chi connectivity index (χ2v) is 4.38. The summed E-state index contributed by atoms with van der Waals surface area (Å²) < 4.78 is 0. The van der Waals surface area contributed by atoms with Crippen LogP contribution in [0.5, 0.6) is 0 Å². The molecule has 86 valence electrons. The molecule has 0 saturated heterocycles. The minimum atomic E-state index is 0.151. The standard InChI is InChI=1S/C10H16Cl2N2O/c11-6-8(12)7-13-5-1-2-10(15)14-9-3-4-9/h6,9,13H,1-5,7H2,(H,14,15). The van der Waals surface area contributed by atoms with Crippen LogP contribution in [0.3, 0.4) is 0 Å². The zero-order chi connectivity index (χ0) is 11.1. The van der Waals surface area contributed by atoms with Gasteiger partial charge in [0.25, 0.3) is 0 Å². The summed E-state index contributed by atoms with van der Waals surface area (Å²) in [5.74, 6) is 0.151. The van der Waals surface area contributed by atoms with Crippen LogP contribution in [0, 0.1) is 0 Å². The van der Waals surface area contributed by atoms with Crippen molar-refractivity contribution < 1.29 is 4.79 Å². The second-order valence-electron chi connectivity index (χ2n) is 3.68. The van der Waals surface area contributed by atoms with Gasteiger partial charge in [-0.25, -0.2) is 0 Å². The van der Waals surface area contributed by atoms with Gasteiger partial charge in [-0.3, -0.25) is 4.79 Å². The highest BCUT2D eigenvalue weighted by Gasteiger charge is 2.22. The Kier molecular flexibility index (Phi) is 6.06. The van der Waals surface area contributed by atoms with Gasteiger partial charge in [0.05, 0.1) is 0 Å². The lowest BCUT2D eigenvalue weighted by Gasteiger charge is -2.04. The molecule has 1 rings (SSSR count). The minimum Gasteiger partial charge on any atom is -0.353 e. The monoisotopic (exact) mass is 250 g/mol. The molecule has 0 spiro atoms. The molecular formula is C10H16Cl2N2O. The summed E-state index contributed by atoms with van der Waals surface area (Å²) in [5, 5.41) is 6.62. The highest BCUT2D eigenvalue weighted by molar-refractivity contribution is 6.36. The number of hydrogen-bond acceptors (Lipinski definition) is 2. The molecule has 2 N–H and O–H groups in total. The Balaban J connectivity index is 1.89. The van der Waals surface area contributed by atoms with Crippen molar-refractivity contribution in [2.75, 3.05) is 13.1 Å². The van der Waals surface area contributed by atoms with Crippen molar-refractivity contribution in [1.29, 1.82) is 0 Å². The molecule has 5 heteroatoms. The Bertz CT molecular complexity index is 240. The fraction of sp³-hybridized carbons (Fsp3) is 0.700. The van der Waals surface area contributed by atoms with E-state index in [0.717, 1.165) is 25.8 Å². The van der Waals surface area contributed by atoms with E-state index in [0.29, 0.717) is 24.0 Å². The highest BCUT2D eigenvalue weighted by Crippen LogP contribution is 2.18. The van der Waals surface area contributed by atoms with E-state index in [1.54, 1.807) is 0 Å². The minimum absolute atomic E-state index is 0.151. The van der Waals surface area contributed by atoms with Crippen LogP contribution in [-0.2, 0) is 4.79 Å². The average Bonchev–Trinajstić information content (AvgIpc) is 3.00. The fourth-order valence-corrected chi connectivity index (χ4v) is 1.32. The lowest BCUT2D eigenvalue weighted by molar-refractivity contribution is -0.121. The predicted octanol–water partition coefficient (Wildman–Crippen LogP) is 1.95. The second kappa shape index (κ2) is 7.09. The van der Waals surface area contributed by atoms with Crippen molar-refractivity contribution in [2.24, 2.45) is 0 Å². The van der Waals surface area contributed by atoms with E-state index in [9.17, 15) is 4.79 Å². The van der Waals surface area contributed by atoms with Gasteiger partial charge < -0.3 is 10.6 Å². The lowest BCUT2D eigenvalue weighted by Crippen LogP contribution is -2.26. The Morgan fingerprint density at radius 3 is 2.80 bits per heavy atom. The summed E-state index contributed by atoms with van der Waals surface area (Å²) in [6.45, 7) is 1.34. The molecule has 1 aliphatic rings. The molecule has 0 aromatic rings. The number of rotatable bonds is 7. The van der Waals surface area contributed by atoms with Gasteiger partial charge in [0.2, 0.25) is 5.91 Å². The molecule has 0 heterocycles. The molecule has 15 heavy (non-hydrogen) atoms. The van der Waals surface area contributed by atoms with Gasteiger partial charge in [0.15, 0.2) is 0 Å². The van der Waals surface area contributed by atoms with Gasteiger partial charge >= 0.3 is 0 Å². The average molecular weight is 251 g/mol. The van der Waals surface area contributed by atoms with Gasteiger partial charge in [-0.2, -0.15) is 0 Å². The summed E-state index contributed by atoms with van der Waals surface area (Å²) in [6.07, 6.45) is 3.68. The first-order chi connectivity index (χ1) is 7.22. The van der Waals surface area contributed by atoms with Gasteiger partial charge in [0.1, 0.15) is 0 Å². The third-order valence-corrected chi connectivity index (χ3v) is 2.73. The Hall–Kier alpha value is -0.250. The molecule has 0 unspecified atom stereocenters. The number of nitrogens with one attached hydrogen (secondary N) is 2. The molecule has 0 aromatic carbocycles. The SMILES string of the molecule is O=C(CCCNCC(Cl)=CCl)NC1CC1. The molecule has 0 atom stereocenters. The predicted molar refractivity (Wildman–Crippen MR) is 63.1 cm³/mol. The zero-order valence-corrected chi connectivity index (χ0v) is 10.1. The maximum Gasteiger partial charge on any atom is 0.220 e. The molecule has 0 aliphatic heterocycles. The first-order valence-electron chi connectivity index (χ1n) is 5.17. The number of carbonyl (C=O) groups is 1. The van der Waals surface area contributed by atoms with Crippen molar-refractivity contribution in [2.45, 2.75) is 31.7 Å². The van der Waals surface area contributed by atoms with Gasteiger partial charge in [0, 0.05) is 29.6 Å². The Labute approximate surface area is 100 Å². The summed E-state index contributed by atoms with van der Waals surface area (Å²) in [4.78, 5) is 11.2. The van der Waals surface area contributed by atoms with Crippen LogP contribution in [-0.4, -0.2) is 25.0 Å². The molecule has 1 fully saturated rings. The van der Waals surface area contributed by atoms with Crippen LogP contribution in [0.15, 0.2) is 10.6 Å². The Morgan fingerprint density at radius 1 is 1.47 bits per heavy atom. The van der Waals surface area contributed by atoms with Gasteiger partial charge in [-0.15, -0.1) is 0 Å². The van der Waals surface area contributed by atoms with E-state index in [1.807, 2.05) is 0 Å². The first kappa shape index (κ1) is 12.8. The normalized spacial score (nSPS) is 16.5. The van der Waals surface area contributed by atoms with Crippen LogP contribution < -0.4 is 10.6 Å². The molecule has 1 amide bonds. The van der Waals surface area contributed by atoms with Crippen molar-refractivity contribution in [3.63, 3.8) is 0 Å². The smallest absolute Gasteiger partial charge is 0.220 e. The van der Waals surface area contributed by atoms with Crippen LogP contribution >= 0.6 is 23.2 Å². The topological polar surface area (TPSA) is 41.1 Å². The number of amides is 1. The van der Waals surface area contributed by atoms with E-state index in [1.165, 1.54) is 5.54 Å².